The van der Waals surface area contributed by atoms with Crippen molar-refractivity contribution >= 4 is 34.8 Å². The molecule has 2 N–H and O–H groups in total. The molecule has 1 unspecified atom stereocenters. The van der Waals surface area contributed by atoms with Gasteiger partial charge in [-0.25, -0.2) is 0 Å². The van der Waals surface area contributed by atoms with E-state index in [4.69, 9.17) is 28.9 Å². The fraction of sp³-hybridized carbons (Fsp3) is 0.188. The molecule has 0 heterocycles. The molecule has 0 aromatic heterocycles. The summed E-state index contributed by atoms with van der Waals surface area (Å²) in [6.45, 7) is 1.95. The molecule has 0 saturated carbocycles. The van der Waals surface area contributed by atoms with Crippen molar-refractivity contribution in [3.63, 3.8) is 0 Å². The summed E-state index contributed by atoms with van der Waals surface area (Å²) >= 11 is 11.9. The number of amides is 1. The molecule has 0 aliphatic heterocycles. The van der Waals surface area contributed by atoms with Gasteiger partial charge < -0.3 is 10.6 Å². The number of hydrogen-bond acceptors (Lipinski definition) is 2. The maximum atomic E-state index is 12.5. The van der Waals surface area contributed by atoms with Crippen LogP contribution in [0.2, 0.25) is 10.0 Å². The number of carbonyl (C=O) groups is 1. The van der Waals surface area contributed by atoms with Crippen molar-refractivity contribution < 1.29 is 4.79 Å². The van der Waals surface area contributed by atoms with Gasteiger partial charge in [-0.1, -0.05) is 35.3 Å². The molecule has 2 aromatic carbocycles. The monoisotopic (exact) mass is 322 g/mol. The number of rotatable bonds is 3. The second kappa shape index (κ2) is 6.37. The van der Waals surface area contributed by atoms with E-state index in [0.29, 0.717) is 21.3 Å². The van der Waals surface area contributed by atoms with Crippen LogP contribution in [0.1, 0.15) is 28.9 Å². The SMILES string of the molecule is CC(c1cccc(Cl)c1)N(C)C(=O)c1ccc(Cl)c(N)c1. The molecule has 110 valence electrons. The third-order valence-corrected chi connectivity index (χ3v) is 4.05. The van der Waals surface area contributed by atoms with Gasteiger partial charge in [0.05, 0.1) is 16.8 Å². The minimum absolute atomic E-state index is 0.104. The zero-order chi connectivity index (χ0) is 15.6. The molecule has 0 saturated heterocycles. The van der Waals surface area contributed by atoms with Crippen LogP contribution in [-0.4, -0.2) is 17.9 Å². The lowest BCUT2D eigenvalue weighted by molar-refractivity contribution is 0.0742. The van der Waals surface area contributed by atoms with Gasteiger partial charge in [0.15, 0.2) is 0 Å². The van der Waals surface area contributed by atoms with Gasteiger partial charge in [-0.15, -0.1) is 0 Å². The number of anilines is 1. The van der Waals surface area contributed by atoms with Crippen molar-refractivity contribution in [2.75, 3.05) is 12.8 Å². The van der Waals surface area contributed by atoms with Crippen LogP contribution in [0.4, 0.5) is 5.69 Å². The Labute approximate surface area is 134 Å². The Bertz CT molecular complexity index is 673. The Morgan fingerprint density at radius 1 is 1.19 bits per heavy atom. The highest BCUT2D eigenvalue weighted by Crippen LogP contribution is 2.25. The Kier molecular flexibility index (Phi) is 4.76. The average Bonchev–Trinajstić information content (AvgIpc) is 2.47. The fourth-order valence-corrected chi connectivity index (χ4v) is 2.36. The number of nitrogens with zero attached hydrogens (tertiary/aromatic N) is 1. The topological polar surface area (TPSA) is 46.3 Å². The smallest absolute Gasteiger partial charge is 0.254 e. The van der Waals surface area contributed by atoms with E-state index in [1.54, 1.807) is 36.2 Å². The van der Waals surface area contributed by atoms with Crippen LogP contribution in [0, 0.1) is 0 Å². The lowest BCUT2D eigenvalue weighted by Crippen LogP contribution is -2.29. The standard InChI is InChI=1S/C16H16Cl2N2O/c1-10(11-4-3-5-13(17)8-11)20(2)16(21)12-6-7-14(18)15(19)9-12/h3-10H,19H2,1-2H3. The quantitative estimate of drug-likeness (QED) is 0.851. The van der Waals surface area contributed by atoms with E-state index in [1.807, 2.05) is 25.1 Å². The highest BCUT2D eigenvalue weighted by atomic mass is 35.5. The molecular formula is C16H16Cl2N2O. The van der Waals surface area contributed by atoms with Gasteiger partial charge in [-0.3, -0.25) is 4.79 Å². The van der Waals surface area contributed by atoms with Gasteiger partial charge in [0, 0.05) is 17.6 Å². The first-order valence-corrected chi connectivity index (χ1v) is 7.23. The molecular weight excluding hydrogens is 307 g/mol. The predicted octanol–water partition coefficient (Wildman–Crippen LogP) is 4.41. The van der Waals surface area contributed by atoms with Crippen molar-refractivity contribution in [3.8, 4) is 0 Å². The molecule has 5 heteroatoms. The first kappa shape index (κ1) is 15.7. The zero-order valence-corrected chi connectivity index (χ0v) is 13.3. The Hall–Kier alpha value is -1.71. The van der Waals surface area contributed by atoms with E-state index >= 15 is 0 Å². The van der Waals surface area contributed by atoms with Crippen molar-refractivity contribution in [2.45, 2.75) is 13.0 Å². The molecule has 1 amide bonds. The Balaban J connectivity index is 2.24. The minimum Gasteiger partial charge on any atom is -0.398 e. The second-order valence-electron chi connectivity index (χ2n) is 4.88. The Morgan fingerprint density at radius 2 is 1.90 bits per heavy atom. The fourth-order valence-electron chi connectivity index (χ4n) is 2.05. The average molecular weight is 323 g/mol. The molecule has 0 fully saturated rings. The number of nitrogen functional groups attached to an aromatic ring is 1. The van der Waals surface area contributed by atoms with E-state index in [1.165, 1.54) is 0 Å². The van der Waals surface area contributed by atoms with Gasteiger partial charge in [0.1, 0.15) is 0 Å². The number of benzene rings is 2. The van der Waals surface area contributed by atoms with Crippen LogP contribution in [0.3, 0.4) is 0 Å². The summed E-state index contributed by atoms with van der Waals surface area (Å²) in [5.41, 5.74) is 7.62. The van der Waals surface area contributed by atoms with Crippen LogP contribution in [0.25, 0.3) is 0 Å². The summed E-state index contributed by atoms with van der Waals surface area (Å²) in [7, 11) is 1.75. The lowest BCUT2D eigenvalue weighted by atomic mass is 10.1. The van der Waals surface area contributed by atoms with Crippen LogP contribution < -0.4 is 5.73 Å². The largest absolute Gasteiger partial charge is 0.398 e. The van der Waals surface area contributed by atoms with Crippen LogP contribution in [-0.2, 0) is 0 Å². The van der Waals surface area contributed by atoms with Crippen molar-refractivity contribution in [1.82, 2.24) is 4.90 Å². The molecule has 0 bridgehead atoms. The summed E-state index contributed by atoms with van der Waals surface area (Å²) in [5, 5.41) is 1.09. The van der Waals surface area contributed by atoms with Crippen LogP contribution in [0.15, 0.2) is 42.5 Å². The highest BCUT2D eigenvalue weighted by Gasteiger charge is 2.19. The van der Waals surface area contributed by atoms with Gasteiger partial charge in [0.25, 0.3) is 5.91 Å². The van der Waals surface area contributed by atoms with E-state index in [0.717, 1.165) is 5.56 Å². The van der Waals surface area contributed by atoms with Crippen molar-refractivity contribution in [3.05, 3.63) is 63.6 Å². The first-order valence-electron chi connectivity index (χ1n) is 6.48. The number of nitrogens with two attached hydrogens (primary N) is 1. The number of halogens is 2. The predicted molar refractivity (Wildman–Crippen MR) is 87.8 cm³/mol. The molecule has 2 rings (SSSR count). The van der Waals surface area contributed by atoms with Gasteiger partial charge in [-0.05, 0) is 42.8 Å². The van der Waals surface area contributed by atoms with Gasteiger partial charge in [0.2, 0.25) is 0 Å². The maximum Gasteiger partial charge on any atom is 0.254 e. The Morgan fingerprint density at radius 3 is 2.52 bits per heavy atom. The highest BCUT2D eigenvalue weighted by molar-refractivity contribution is 6.33. The van der Waals surface area contributed by atoms with Gasteiger partial charge in [-0.2, -0.15) is 0 Å². The van der Waals surface area contributed by atoms with Crippen molar-refractivity contribution in [2.24, 2.45) is 0 Å². The normalized spacial score (nSPS) is 12.0. The van der Waals surface area contributed by atoms with Crippen LogP contribution in [0.5, 0.6) is 0 Å². The van der Waals surface area contributed by atoms with Gasteiger partial charge >= 0.3 is 0 Å². The van der Waals surface area contributed by atoms with E-state index in [-0.39, 0.29) is 11.9 Å². The second-order valence-corrected chi connectivity index (χ2v) is 5.73. The molecule has 2 aromatic rings. The van der Waals surface area contributed by atoms with Crippen LogP contribution >= 0.6 is 23.2 Å². The first-order chi connectivity index (χ1) is 9.90. The summed E-state index contributed by atoms with van der Waals surface area (Å²) in [4.78, 5) is 14.1. The summed E-state index contributed by atoms with van der Waals surface area (Å²) < 4.78 is 0. The molecule has 21 heavy (non-hydrogen) atoms. The van der Waals surface area contributed by atoms with E-state index < -0.39 is 0 Å². The minimum atomic E-state index is -0.120. The molecule has 0 spiro atoms. The van der Waals surface area contributed by atoms with Crippen molar-refractivity contribution in [1.29, 1.82) is 0 Å². The molecule has 3 nitrogen and oxygen atoms in total. The third kappa shape index (κ3) is 3.49. The van der Waals surface area contributed by atoms with E-state index in [9.17, 15) is 4.79 Å². The molecule has 0 radical (unpaired) electrons. The van der Waals surface area contributed by atoms with E-state index in [2.05, 4.69) is 0 Å². The lowest BCUT2D eigenvalue weighted by Gasteiger charge is -2.25. The third-order valence-electron chi connectivity index (χ3n) is 3.48. The number of carbonyl (C=O) groups excluding carboxylic acids is 1. The number of hydrogen-bond donors (Lipinski definition) is 1. The molecule has 1 atom stereocenters. The molecule has 0 aliphatic rings. The summed E-state index contributed by atoms with van der Waals surface area (Å²) in [6.07, 6.45) is 0. The summed E-state index contributed by atoms with van der Waals surface area (Å²) in [6, 6.07) is 12.2. The summed E-state index contributed by atoms with van der Waals surface area (Å²) in [5.74, 6) is -0.120. The zero-order valence-electron chi connectivity index (χ0n) is 11.8. The maximum absolute atomic E-state index is 12.5. The molecule has 0 aliphatic carbocycles.